The van der Waals surface area contributed by atoms with Crippen LogP contribution in [0.5, 0.6) is 0 Å². The van der Waals surface area contributed by atoms with Crippen LogP contribution in [0.1, 0.15) is 18.5 Å². The highest BCUT2D eigenvalue weighted by Gasteiger charge is 2.29. The Balaban J connectivity index is 1.85. The fourth-order valence-corrected chi connectivity index (χ4v) is 2.66. The summed E-state index contributed by atoms with van der Waals surface area (Å²) in [5, 5.41) is 0. The average molecular weight is 200 g/mol. The molecule has 0 unspecified atom stereocenters. The molecule has 4 heterocycles. The number of fused-ring (bicyclic) bond motifs is 3. The monoisotopic (exact) mass is 200 g/mol. The van der Waals surface area contributed by atoms with Gasteiger partial charge < -0.3 is 0 Å². The third-order valence-corrected chi connectivity index (χ3v) is 3.54. The van der Waals surface area contributed by atoms with E-state index in [2.05, 4.69) is 28.1 Å². The summed E-state index contributed by atoms with van der Waals surface area (Å²) in [5.74, 6) is 0.831. The van der Waals surface area contributed by atoms with E-state index < -0.39 is 0 Å². The predicted octanol–water partition coefficient (Wildman–Crippen LogP) is 2.19. The smallest absolute Gasteiger partial charge is 0.0629 e. The van der Waals surface area contributed by atoms with Crippen LogP contribution < -0.4 is 0 Å². The van der Waals surface area contributed by atoms with Gasteiger partial charge in [0.25, 0.3) is 0 Å². The van der Waals surface area contributed by atoms with E-state index in [4.69, 9.17) is 0 Å². The molecule has 0 aromatic carbocycles. The Morgan fingerprint density at radius 3 is 2.73 bits per heavy atom. The summed E-state index contributed by atoms with van der Waals surface area (Å²) in [6.07, 6.45) is 6.85. The molecular formula is C13H16N2. The maximum Gasteiger partial charge on any atom is 0.0629 e. The average Bonchev–Trinajstić information content (AvgIpc) is 2.32. The Morgan fingerprint density at radius 2 is 2.13 bits per heavy atom. The molecule has 3 saturated heterocycles. The quantitative estimate of drug-likeness (QED) is 0.691. The van der Waals surface area contributed by atoms with Crippen LogP contribution in [-0.4, -0.2) is 29.5 Å². The van der Waals surface area contributed by atoms with Crippen molar-refractivity contribution in [1.29, 1.82) is 0 Å². The predicted molar refractivity (Wildman–Crippen MR) is 61.4 cm³/mol. The van der Waals surface area contributed by atoms with Crippen molar-refractivity contribution >= 4 is 6.08 Å². The molecule has 0 N–H and O–H groups in total. The van der Waals surface area contributed by atoms with Crippen molar-refractivity contribution in [1.82, 2.24) is 9.88 Å². The van der Waals surface area contributed by atoms with Gasteiger partial charge in [-0.25, -0.2) is 0 Å². The van der Waals surface area contributed by atoms with Crippen molar-refractivity contribution < 1.29 is 0 Å². The lowest BCUT2D eigenvalue weighted by Gasteiger charge is -2.41. The third kappa shape index (κ3) is 1.82. The van der Waals surface area contributed by atoms with E-state index >= 15 is 0 Å². The standard InChI is InChI=1S/C13H16N2/c1-2-6-14-13(3-1)9-12-10-15-7-4-11(12)5-8-15/h1-3,6,9,11H,4-5,7-8,10H2/b12-9+. The highest BCUT2D eigenvalue weighted by Crippen LogP contribution is 2.32. The van der Waals surface area contributed by atoms with Crippen LogP contribution >= 0.6 is 0 Å². The fraction of sp³-hybridized carbons (Fsp3) is 0.462. The molecule has 2 bridgehead atoms. The molecule has 3 aliphatic heterocycles. The van der Waals surface area contributed by atoms with E-state index in [-0.39, 0.29) is 0 Å². The van der Waals surface area contributed by atoms with E-state index in [1.807, 2.05) is 12.3 Å². The molecule has 3 aliphatic rings. The second kappa shape index (κ2) is 3.78. The summed E-state index contributed by atoms with van der Waals surface area (Å²) >= 11 is 0. The number of piperidine rings is 3. The van der Waals surface area contributed by atoms with Crippen LogP contribution in [0.3, 0.4) is 0 Å². The van der Waals surface area contributed by atoms with E-state index in [0.29, 0.717) is 0 Å². The first kappa shape index (κ1) is 9.10. The van der Waals surface area contributed by atoms with Crippen LogP contribution in [0, 0.1) is 5.92 Å². The van der Waals surface area contributed by atoms with Gasteiger partial charge in [0.05, 0.1) is 5.69 Å². The van der Waals surface area contributed by atoms with Crippen molar-refractivity contribution in [2.24, 2.45) is 5.92 Å². The molecule has 2 nitrogen and oxygen atoms in total. The van der Waals surface area contributed by atoms with Gasteiger partial charge >= 0.3 is 0 Å². The van der Waals surface area contributed by atoms with Crippen LogP contribution in [0.2, 0.25) is 0 Å². The van der Waals surface area contributed by atoms with Gasteiger partial charge in [-0.15, -0.1) is 0 Å². The van der Waals surface area contributed by atoms with Crippen LogP contribution in [0.15, 0.2) is 30.0 Å². The van der Waals surface area contributed by atoms with Crippen molar-refractivity contribution in [3.63, 3.8) is 0 Å². The fourth-order valence-electron chi connectivity index (χ4n) is 2.66. The number of hydrogen-bond donors (Lipinski definition) is 0. The zero-order chi connectivity index (χ0) is 10.1. The van der Waals surface area contributed by atoms with Crippen molar-refractivity contribution in [3.8, 4) is 0 Å². The highest BCUT2D eigenvalue weighted by molar-refractivity contribution is 5.50. The van der Waals surface area contributed by atoms with E-state index in [1.54, 1.807) is 5.57 Å². The molecule has 0 spiro atoms. The molecular weight excluding hydrogens is 184 g/mol. The maximum atomic E-state index is 4.36. The molecule has 0 aliphatic carbocycles. The summed E-state index contributed by atoms with van der Waals surface area (Å²) in [7, 11) is 0. The van der Waals surface area contributed by atoms with E-state index in [1.165, 1.54) is 32.5 Å². The number of rotatable bonds is 1. The first-order valence-electron chi connectivity index (χ1n) is 5.76. The topological polar surface area (TPSA) is 16.1 Å². The largest absolute Gasteiger partial charge is 0.299 e. The summed E-state index contributed by atoms with van der Waals surface area (Å²) in [4.78, 5) is 6.91. The molecule has 3 fully saturated rings. The molecule has 0 amide bonds. The van der Waals surface area contributed by atoms with Crippen LogP contribution in [0.25, 0.3) is 6.08 Å². The van der Waals surface area contributed by atoms with Gasteiger partial charge in [-0.3, -0.25) is 9.88 Å². The molecule has 4 rings (SSSR count). The summed E-state index contributed by atoms with van der Waals surface area (Å²) < 4.78 is 0. The zero-order valence-electron chi connectivity index (χ0n) is 8.89. The van der Waals surface area contributed by atoms with Gasteiger partial charge in [-0.1, -0.05) is 11.6 Å². The van der Waals surface area contributed by atoms with Gasteiger partial charge in [-0.2, -0.15) is 0 Å². The van der Waals surface area contributed by atoms with Crippen LogP contribution in [-0.2, 0) is 0 Å². The molecule has 2 heteroatoms. The van der Waals surface area contributed by atoms with Gasteiger partial charge in [0.2, 0.25) is 0 Å². The molecule has 1 aromatic heterocycles. The number of aromatic nitrogens is 1. The number of pyridine rings is 1. The second-order valence-corrected chi connectivity index (χ2v) is 4.52. The maximum absolute atomic E-state index is 4.36. The molecule has 0 atom stereocenters. The summed E-state index contributed by atoms with van der Waals surface area (Å²) in [6.45, 7) is 3.76. The lowest BCUT2D eigenvalue weighted by molar-refractivity contribution is 0.163. The minimum Gasteiger partial charge on any atom is -0.299 e. The van der Waals surface area contributed by atoms with E-state index in [0.717, 1.165) is 11.6 Å². The molecule has 0 saturated carbocycles. The molecule has 15 heavy (non-hydrogen) atoms. The Morgan fingerprint density at radius 1 is 1.27 bits per heavy atom. The summed E-state index contributed by atoms with van der Waals surface area (Å²) in [5.41, 5.74) is 2.70. The van der Waals surface area contributed by atoms with Crippen LogP contribution in [0.4, 0.5) is 0 Å². The Bertz CT molecular complexity index is 361. The number of hydrogen-bond acceptors (Lipinski definition) is 2. The van der Waals surface area contributed by atoms with Crippen molar-refractivity contribution in [2.75, 3.05) is 19.6 Å². The normalized spacial score (nSPS) is 32.1. The Kier molecular flexibility index (Phi) is 2.29. The molecule has 1 aromatic rings. The molecule has 0 radical (unpaired) electrons. The first-order chi connectivity index (χ1) is 7.42. The lowest BCUT2D eigenvalue weighted by Crippen LogP contribution is -2.42. The zero-order valence-corrected chi connectivity index (χ0v) is 8.89. The summed E-state index contributed by atoms with van der Waals surface area (Å²) in [6, 6.07) is 6.11. The SMILES string of the molecule is C(=C1/CN2CCC1CC2)/c1ccccn1. The lowest BCUT2D eigenvalue weighted by atomic mass is 9.83. The number of nitrogens with zero attached hydrogens (tertiary/aromatic N) is 2. The van der Waals surface area contributed by atoms with Gasteiger partial charge in [0, 0.05) is 12.7 Å². The van der Waals surface area contributed by atoms with Gasteiger partial charge in [-0.05, 0) is 50.1 Å². The first-order valence-corrected chi connectivity index (χ1v) is 5.76. The minimum atomic E-state index is 0.831. The Hall–Kier alpha value is -1.15. The minimum absolute atomic E-state index is 0.831. The van der Waals surface area contributed by atoms with Crippen molar-refractivity contribution in [2.45, 2.75) is 12.8 Å². The van der Waals surface area contributed by atoms with Gasteiger partial charge in [0.15, 0.2) is 0 Å². The second-order valence-electron chi connectivity index (χ2n) is 4.52. The van der Waals surface area contributed by atoms with Gasteiger partial charge in [0.1, 0.15) is 0 Å². The Labute approximate surface area is 90.6 Å². The van der Waals surface area contributed by atoms with Crippen molar-refractivity contribution in [3.05, 3.63) is 35.7 Å². The van der Waals surface area contributed by atoms with E-state index in [9.17, 15) is 0 Å². The molecule has 78 valence electrons. The highest BCUT2D eigenvalue weighted by atomic mass is 15.1. The third-order valence-electron chi connectivity index (χ3n) is 3.54.